The van der Waals surface area contributed by atoms with Crippen molar-refractivity contribution in [3.05, 3.63) is 60.2 Å². The van der Waals surface area contributed by atoms with E-state index in [2.05, 4.69) is 4.98 Å². The number of oxazole rings is 1. The fourth-order valence-corrected chi connectivity index (χ4v) is 4.74. The number of para-hydroxylation sites is 2. The zero-order chi connectivity index (χ0) is 17.4. The molecule has 0 atom stereocenters. The molecule has 0 spiro atoms. The Morgan fingerprint density at radius 3 is 2.44 bits per heavy atom. The molecule has 4 rings (SSSR count). The topological polar surface area (TPSA) is 63.4 Å². The Hall–Kier alpha value is -2.25. The number of halogens is 1. The SMILES string of the molecule is O=S(=O)(c1ccccc1F)N1CCC(c2nc3ccccc3o2)CC1. The summed E-state index contributed by atoms with van der Waals surface area (Å²) in [7, 11) is -3.82. The van der Waals surface area contributed by atoms with Gasteiger partial charge in [0.1, 0.15) is 16.2 Å². The minimum atomic E-state index is -3.82. The van der Waals surface area contributed by atoms with Gasteiger partial charge in [-0.2, -0.15) is 4.31 Å². The highest BCUT2D eigenvalue weighted by molar-refractivity contribution is 7.89. The second-order valence-corrected chi connectivity index (χ2v) is 8.03. The van der Waals surface area contributed by atoms with Crippen LogP contribution in [0.2, 0.25) is 0 Å². The van der Waals surface area contributed by atoms with Crippen molar-refractivity contribution in [1.82, 2.24) is 9.29 Å². The second kappa shape index (κ2) is 6.24. The zero-order valence-corrected chi connectivity index (χ0v) is 14.2. The fourth-order valence-electron chi connectivity index (χ4n) is 3.20. The number of rotatable bonds is 3. The van der Waals surface area contributed by atoms with Gasteiger partial charge in [0.25, 0.3) is 0 Å². The summed E-state index contributed by atoms with van der Waals surface area (Å²) >= 11 is 0. The Morgan fingerprint density at radius 2 is 1.72 bits per heavy atom. The molecule has 0 bridgehead atoms. The number of hydrogen-bond donors (Lipinski definition) is 0. The number of nitrogens with zero attached hydrogens (tertiary/aromatic N) is 2. The van der Waals surface area contributed by atoms with Crippen molar-refractivity contribution in [2.45, 2.75) is 23.7 Å². The zero-order valence-electron chi connectivity index (χ0n) is 13.4. The van der Waals surface area contributed by atoms with E-state index < -0.39 is 15.8 Å². The maximum absolute atomic E-state index is 13.9. The number of benzene rings is 2. The number of aromatic nitrogens is 1. The van der Waals surface area contributed by atoms with Gasteiger partial charge in [-0.3, -0.25) is 0 Å². The van der Waals surface area contributed by atoms with E-state index in [0.717, 1.165) is 17.2 Å². The summed E-state index contributed by atoms with van der Waals surface area (Å²) in [5, 5.41) is 0. The average Bonchev–Trinajstić information content (AvgIpc) is 3.06. The van der Waals surface area contributed by atoms with Crippen molar-refractivity contribution in [1.29, 1.82) is 0 Å². The van der Waals surface area contributed by atoms with Crippen LogP contribution in [0, 0.1) is 5.82 Å². The second-order valence-electron chi connectivity index (χ2n) is 6.13. The fraction of sp³-hybridized carbons (Fsp3) is 0.278. The maximum Gasteiger partial charge on any atom is 0.245 e. The van der Waals surface area contributed by atoms with Crippen LogP contribution in [0.1, 0.15) is 24.7 Å². The number of hydrogen-bond acceptors (Lipinski definition) is 4. The third-order valence-electron chi connectivity index (χ3n) is 4.57. The molecule has 1 saturated heterocycles. The molecule has 0 N–H and O–H groups in total. The van der Waals surface area contributed by atoms with Gasteiger partial charge in [0.2, 0.25) is 10.0 Å². The third kappa shape index (κ3) is 2.94. The molecule has 1 aromatic heterocycles. The maximum atomic E-state index is 13.9. The van der Waals surface area contributed by atoms with E-state index in [1.807, 2.05) is 24.3 Å². The average molecular weight is 360 g/mol. The molecule has 1 aliphatic heterocycles. The highest BCUT2D eigenvalue weighted by Gasteiger charge is 2.33. The number of piperidine rings is 1. The Kier molecular flexibility index (Phi) is 4.05. The lowest BCUT2D eigenvalue weighted by Gasteiger charge is -2.29. The molecular weight excluding hydrogens is 343 g/mol. The standard InChI is InChI=1S/C18H17FN2O3S/c19-14-5-1-4-8-17(14)25(22,23)21-11-9-13(10-12-21)18-20-15-6-2-3-7-16(15)24-18/h1-8,13H,9-12H2. The van der Waals surface area contributed by atoms with E-state index in [1.54, 1.807) is 0 Å². The van der Waals surface area contributed by atoms with E-state index in [-0.39, 0.29) is 10.8 Å². The van der Waals surface area contributed by atoms with Crippen LogP contribution >= 0.6 is 0 Å². The minimum absolute atomic E-state index is 0.0690. The van der Waals surface area contributed by atoms with Crippen molar-refractivity contribution in [3.63, 3.8) is 0 Å². The van der Waals surface area contributed by atoms with Crippen molar-refractivity contribution in [3.8, 4) is 0 Å². The smallest absolute Gasteiger partial charge is 0.245 e. The summed E-state index contributed by atoms with van der Waals surface area (Å²) in [5.41, 5.74) is 1.54. The predicted octanol–water partition coefficient (Wildman–Crippen LogP) is 3.54. The molecule has 5 nitrogen and oxygen atoms in total. The van der Waals surface area contributed by atoms with E-state index in [9.17, 15) is 12.8 Å². The van der Waals surface area contributed by atoms with E-state index in [4.69, 9.17) is 4.42 Å². The van der Waals surface area contributed by atoms with E-state index in [1.165, 1.54) is 22.5 Å². The van der Waals surface area contributed by atoms with Crippen molar-refractivity contribution < 1.29 is 17.2 Å². The molecule has 1 fully saturated rings. The summed E-state index contributed by atoms with van der Waals surface area (Å²) in [6.07, 6.45) is 1.20. The molecule has 7 heteroatoms. The largest absolute Gasteiger partial charge is 0.440 e. The lowest BCUT2D eigenvalue weighted by atomic mass is 9.98. The Morgan fingerprint density at radius 1 is 1.04 bits per heavy atom. The Labute approximate surface area is 145 Å². The van der Waals surface area contributed by atoms with Crippen molar-refractivity contribution >= 4 is 21.1 Å². The van der Waals surface area contributed by atoms with Gasteiger partial charge < -0.3 is 4.42 Å². The molecular formula is C18H17FN2O3S. The molecule has 3 aromatic rings. The highest BCUT2D eigenvalue weighted by Crippen LogP contribution is 2.32. The van der Waals surface area contributed by atoms with Crippen LogP contribution in [0.5, 0.6) is 0 Å². The Bertz CT molecular complexity index is 975. The normalized spacial score (nSPS) is 17.2. The number of sulfonamides is 1. The summed E-state index contributed by atoms with van der Waals surface area (Å²) < 4.78 is 46.3. The Balaban J connectivity index is 1.52. The van der Waals surface area contributed by atoms with Crippen LogP contribution in [-0.4, -0.2) is 30.8 Å². The summed E-state index contributed by atoms with van der Waals surface area (Å²) in [6, 6.07) is 13.0. The van der Waals surface area contributed by atoms with Crippen molar-refractivity contribution in [2.75, 3.05) is 13.1 Å². The quantitative estimate of drug-likeness (QED) is 0.717. The molecule has 0 aliphatic carbocycles. The lowest BCUT2D eigenvalue weighted by Crippen LogP contribution is -2.38. The van der Waals surface area contributed by atoms with Crippen LogP contribution in [0.15, 0.2) is 57.8 Å². The third-order valence-corrected chi connectivity index (χ3v) is 6.50. The van der Waals surface area contributed by atoms with Crippen LogP contribution in [-0.2, 0) is 10.0 Å². The molecule has 2 aromatic carbocycles. The lowest BCUT2D eigenvalue weighted by molar-refractivity contribution is 0.293. The molecule has 0 saturated carbocycles. The van der Waals surface area contributed by atoms with Gasteiger partial charge in [0.05, 0.1) is 0 Å². The molecule has 130 valence electrons. The summed E-state index contributed by atoms with van der Waals surface area (Å²) in [5.74, 6) is -0.00724. The molecule has 0 radical (unpaired) electrons. The van der Waals surface area contributed by atoms with E-state index in [0.29, 0.717) is 31.8 Å². The van der Waals surface area contributed by atoms with E-state index >= 15 is 0 Å². The van der Waals surface area contributed by atoms with Gasteiger partial charge in [-0.25, -0.2) is 17.8 Å². The first kappa shape index (κ1) is 16.2. The molecule has 0 amide bonds. The van der Waals surface area contributed by atoms with Gasteiger partial charge in [0, 0.05) is 19.0 Å². The number of fused-ring (bicyclic) bond motifs is 1. The van der Waals surface area contributed by atoms with Gasteiger partial charge in [-0.05, 0) is 37.1 Å². The first-order valence-corrected chi connectivity index (χ1v) is 9.60. The first-order chi connectivity index (χ1) is 12.1. The predicted molar refractivity (Wildman–Crippen MR) is 91.1 cm³/mol. The molecule has 25 heavy (non-hydrogen) atoms. The first-order valence-electron chi connectivity index (χ1n) is 8.16. The summed E-state index contributed by atoms with van der Waals surface area (Å²) in [6.45, 7) is 0.639. The van der Waals surface area contributed by atoms with Crippen LogP contribution in [0.25, 0.3) is 11.1 Å². The summed E-state index contributed by atoms with van der Waals surface area (Å²) in [4.78, 5) is 4.23. The van der Waals surface area contributed by atoms with Gasteiger partial charge in [-0.1, -0.05) is 24.3 Å². The molecule has 0 unspecified atom stereocenters. The van der Waals surface area contributed by atoms with Crippen molar-refractivity contribution in [2.24, 2.45) is 0 Å². The van der Waals surface area contributed by atoms with Crippen LogP contribution in [0.3, 0.4) is 0 Å². The molecule has 2 heterocycles. The monoisotopic (exact) mass is 360 g/mol. The molecule has 1 aliphatic rings. The highest BCUT2D eigenvalue weighted by atomic mass is 32.2. The van der Waals surface area contributed by atoms with Gasteiger partial charge in [0.15, 0.2) is 11.5 Å². The van der Waals surface area contributed by atoms with Gasteiger partial charge in [-0.15, -0.1) is 0 Å². The van der Waals surface area contributed by atoms with Crippen LogP contribution in [0.4, 0.5) is 4.39 Å². The van der Waals surface area contributed by atoms with Gasteiger partial charge >= 0.3 is 0 Å². The minimum Gasteiger partial charge on any atom is -0.440 e. The van der Waals surface area contributed by atoms with Crippen LogP contribution < -0.4 is 0 Å².